The van der Waals surface area contributed by atoms with Crippen LogP contribution in [0, 0.1) is 0 Å². The molecule has 1 amide bonds. The van der Waals surface area contributed by atoms with E-state index in [1.165, 1.54) is 24.3 Å². The van der Waals surface area contributed by atoms with Crippen LogP contribution in [-0.2, 0) is 22.4 Å². The van der Waals surface area contributed by atoms with Gasteiger partial charge in [-0.1, -0.05) is 24.3 Å². The predicted molar refractivity (Wildman–Crippen MR) is 60.2 cm³/mol. The van der Waals surface area contributed by atoms with E-state index in [9.17, 15) is 26.7 Å². The molecule has 2 atom stereocenters. The maximum Gasteiger partial charge on any atom is 0.471 e. The van der Waals surface area contributed by atoms with E-state index in [1.54, 1.807) is 5.32 Å². The zero-order valence-corrected chi connectivity index (χ0v) is 10.3. The van der Waals surface area contributed by atoms with Gasteiger partial charge in [-0.05, 0) is 22.2 Å². The van der Waals surface area contributed by atoms with Crippen LogP contribution in [0.4, 0.5) is 13.2 Å². The molecule has 0 radical (unpaired) electrons. The van der Waals surface area contributed by atoms with Crippen molar-refractivity contribution in [2.75, 3.05) is 0 Å². The minimum atomic E-state index is -4.93. The summed E-state index contributed by atoms with van der Waals surface area (Å²) in [5.74, 6) is -2.03. The van der Waals surface area contributed by atoms with E-state index in [0.29, 0.717) is 11.1 Å². The van der Waals surface area contributed by atoms with E-state index >= 15 is 0 Å². The molecule has 1 rings (SSSR count). The van der Waals surface area contributed by atoms with Gasteiger partial charge < -0.3 is 15.6 Å². The van der Waals surface area contributed by atoms with Crippen molar-refractivity contribution < 1.29 is 26.7 Å². The topological polar surface area (TPSA) is 95.2 Å². The van der Waals surface area contributed by atoms with E-state index < -0.39 is 28.5 Å². The Bertz CT molecular complexity index is 476. The molecule has 5 nitrogen and oxygen atoms in total. The van der Waals surface area contributed by atoms with Crippen LogP contribution in [0.25, 0.3) is 0 Å². The van der Waals surface area contributed by atoms with E-state index in [2.05, 4.69) is 0 Å². The highest BCUT2D eigenvalue weighted by atomic mass is 32.2. The van der Waals surface area contributed by atoms with Crippen LogP contribution in [0.5, 0.6) is 0 Å². The van der Waals surface area contributed by atoms with Gasteiger partial charge in [0.2, 0.25) is 0 Å². The van der Waals surface area contributed by atoms with Crippen molar-refractivity contribution in [3.63, 3.8) is 0 Å². The minimum Gasteiger partial charge on any atom is -0.771 e. The lowest BCUT2D eigenvalue weighted by atomic mass is 10.1. The van der Waals surface area contributed by atoms with Crippen molar-refractivity contribution in [3.8, 4) is 0 Å². The molecule has 0 heterocycles. The first-order valence-corrected chi connectivity index (χ1v) is 6.13. The largest absolute Gasteiger partial charge is 0.771 e. The Morgan fingerprint density at radius 2 is 1.89 bits per heavy atom. The Balaban J connectivity index is 2.63. The second-order valence-corrected chi connectivity index (χ2v) is 4.63. The summed E-state index contributed by atoms with van der Waals surface area (Å²) in [6.45, 7) is -0.311. The number of carbonyl (C=O) groups is 1. The lowest BCUT2D eigenvalue weighted by Gasteiger charge is -2.15. The summed E-state index contributed by atoms with van der Waals surface area (Å²) in [7, 11) is 0. The van der Waals surface area contributed by atoms with Crippen molar-refractivity contribution in [3.05, 3.63) is 35.4 Å². The van der Waals surface area contributed by atoms with Gasteiger partial charge in [0.05, 0.1) is 5.37 Å². The standard InChI is InChI=1S/C10H11F3N2O3S/c11-10(12,13)9(16)15-5-6-1-3-7(4-2-6)8(14)19(17)18/h1-4,8H,5,14H2,(H,15,16)(H,17,18)/p-1. The first-order valence-electron chi connectivity index (χ1n) is 4.99. The number of halogens is 3. The fourth-order valence-corrected chi connectivity index (χ4v) is 1.60. The number of hydrogen-bond donors (Lipinski definition) is 2. The molecule has 0 aliphatic rings. The van der Waals surface area contributed by atoms with Gasteiger partial charge in [-0.3, -0.25) is 9.00 Å². The average molecular weight is 295 g/mol. The van der Waals surface area contributed by atoms with Gasteiger partial charge in [0.1, 0.15) is 0 Å². The highest BCUT2D eigenvalue weighted by molar-refractivity contribution is 7.79. The fraction of sp³-hybridized carbons (Fsp3) is 0.300. The molecule has 1 aromatic carbocycles. The molecule has 0 aliphatic carbocycles. The second kappa shape index (κ2) is 6.13. The highest BCUT2D eigenvalue weighted by Gasteiger charge is 2.38. The molecule has 0 fully saturated rings. The molecule has 0 saturated heterocycles. The second-order valence-electron chi connectivity index (χ2n) is 3.60. The monoisotopic (exact) mass is 295 g/mol. The molecule has 1 aromatic rings. The van der Waals surface area contributed by atoms with Gasteiger partial charge in [-0.15, -0.1) is 0 Å². The van der Waals surface area contributed by atoms with Crippen LogP contribution >= 0.6 is 0 Å². The van der Waals surface area contributed by atoms with E-state index in [4.69, 9.17) is 5.73 Å². The van der Waals surface area contributed by atoms with Crippen molar-refractivity contribution in [1.29, 1.82) is 0 Å². The molecule has 0 saturated carbocycles. The lowest BCUT2D eigenvalue weighted by molar-refractivity contribution is -0.173. The Labute approximate surface area is 109 Å². The molecule has 0 bridgehead atoms. The normalized spacial score (nSPS) is 14.8. The lowest BCUT2D eigenvalue weighted by Crippen LogP contribution is -2.36. The minimum absolute atomic E-state index is 0.305. The SMILES string of the molecule is NC(c1ccc(CNC(=O)C(F)(F)F)cc1)S(=O)[O-]. The third-order valence-corrected chi connectivity index (χ3v) is 2.91. The molecule has 0 aromatic heterocycles. The maximum atomic E-state index is 11.9. The number of nitrogens with two attached hydrogens (primary N) is 1. The summed E-state index contributed by atoms with van der Waals surface area (Å²) in [6, 6.07) is 5.52. The van der Waals surface area contributed by atoms with Crippen LogP contribution in [0.15, 0.2) is 24.3 Å². The molecule has 0 spiro atoms. The number of benzene rings is 1. The van der Waals surface area contributed by atoms with E-state index in [0.717, 1.165) is 0 Å². The first-order chi connectivity index (χ1) is 8.71. The summed E-state index contributed by atoms with van der Waals surface area (Å²) in [5, 5.41) is 0.498. The van der Waals surface area contributed by atoms with Gasteiger partial charge in [0, 0.05) is 6.54 Å². The van der Waals surface area contributed by atoms with Crippen molar-refractivity contribution >= 4 is 17.0 Å². The van der Waals surface area contributed by atoms with E-state index in [1.807, 2.05) is 0 Å². The van der Waals surface area contributed by atoms with Crippen LogP contribution < -0.4 is 11.1 Å². The third kappa shape index (κ3) is 4.62. The number of rotatable bonds is 4. The van der Waals surface area contributed by atoms with Crippen molar-refractivity contribution in [2.24, 2.45) is 5.73 Å². The summed E-state index contributed by atoms with van der Waals surface area (Å²) in [5.41, 5.74) is 6.03. The van der Waals surface area contributed by atoms with Gasteiger partial charge in [0.25, 0.3) is 0 Å². The van der Waals surface area contributed by atoms with Gasteiger partial charge in [-0.25, -0.2) is 0 Å². The predicted octanol–water partition coefficient (Wildman–Crippen LogP) is 0.702. The molecule has 9 heteroatoms. The smallest absolute Gasteiger partial charge is 0.471 e. The zero-order valence-electron chi connectivity index (χ0n) is 9.44. The molecular weight excluding hydrogens is 285 g/mol. The fourth-order valence-electron chi connectivity index (χ4n) is 1.22. The van der Waals surface area contributed by atoms with Crippen LogP contribution in [0.3, 0.4) is 0 Å². The van der Waals surface area contributed by atoms with Crippen LogP contribution in [-0.4, -0.2) is 20.8 Å². The number of nitrogens with one attached hydrogen (secondary N) is 1. The number of carbonyl (C=O) groups excluding carboxylic acids is 1. The van der Waals surface area contributed by atoms with Gasteiger partial charge in [-0.2, -0.15) is 13.2 Å². The number of amides is 1. The van der Waals surface area contributed by atoms with Gasteiger partial charge in [0.15, 0.2) is 0 Å². The molecule has 19 heavy (non-hydrogen) atoms. The number of hydrogen-bond acceptors (Lipinski definition) is 4. The Hall–Kier alpha value is -1.45. The summed E-state index contributed by atoms with van der Waals surface area (Å²) >= 11 is -2.48. The molecule has 3 N–H and O–H groups in total. The first kappa shape index (κ1) is 15.6. The molecule has 2 unspecified atom stereocenters. The Kier molecular flexibility index (Phi) is 5.04. The number of alkyl halides is 3. The van der Waals surface area contributed by atoms with Crippen LogP contribution in [0.2, 0.25) is 0 Å². The highest BCUT2D eigenvalue weighted by Crippen LogP contribution is 2.16. The Morgan fingerprint density at radius 3 is 2.32 bits per heavy atom. The Morgan fingerprint density at radius 1 is 1.37 bits per heavy atom. The maximum absolute atomic E-state index is 11.9. The molecule has 0 aliphatic heterocycles. The summed E-state index contributed by atoms with van der Waals surface area (Å²) in [6.07, 6.45) is -4.93. The van der Waals surface area contributed by atoms with Crippen molar-refractivity contribution in [1.82, 2.24) is 5.32 Å². The summed E-state index contributed by atoms with van der Waals surface area (Å²) < 4.78 is 56.9. The zero-order chi connectivity index (χ0) is 14.6. The van der Waals surface area contributed by atoms with Gasteiger partial charge >= 0.3 is 12.1 Å². The van der Waals surface area contributed by atoms with Crippen LogP contribution in [0.1, 0.15) is 16.5 Å². The third-order valence-electron chi connectivity index (χ3n) is 2.23. The summed E-state index contributed by atoms with van der Waals surface area (Å²) in [4.78, 5) is 10.6. The molecular formula is C10H10F3N2O3S-. The molecule has 106 valence electrons. The van der Waals surface area contributed by atoms with Crippen molar-refractivity contribution in [2.45, 2.75) is 18.1 Å². The average Bonchev–Trinajstić information content (AvgIpc) is 2.34. The quantitative estimate of drug-likeness (QED) is 0.799. The van der Waals surface area contributed by atoms with E-state index in [-0.39, 0.29) is 6.54 Å².